The van der Waals surface area contributed by atoms with E-state index in [1.807, 2.05) is 44.2 Å². The Morgan fingerprint density at radius 2 is 1.74 bits per heavy atom. The van der Waals surface area contributed by atoms with E-state index in [2.05, 4.69) is 6.07 Å². The number of aryl methyl sites for hydroxylation is 2. The van der Waals surface area contributed by atoms with E-state index in [0.717, 1.165) is 33.0 Å². The molecule has 2 aromatic rings. The van der Waals surface area contributed by atoms with Gasteiger partial charge in [-0.3, -0.25) is 0 Å². The molecule has 0 heterocycles. The fourth-order valence-corrected chi connectivity index (χ4v) is 2.78. The largest absolute Gasteiger partial charge is 0.496 e. The molecule has 2 rings (SSSR count). The molecule has 0 N–H and O–H groups in total. The summed E-state index contributed by atoms with van der Waals surface area (Å²) in [6.07, 6.45) is 0. The molecule has 0 spiro atoms. The van der Waals surface area contributed by atoms with Crippen molar-refractivity contribution in [2.45, 2.75) is 19.2 Å². The van der Waals surface area contributed by atoms with Gasteiger partial charge in [0, 0.05) is 10.6 Å². The molecule has 1 nitrogen and oxygen atoms in total. The first-order valence-electron chi connectivity index (χ1n) is 6.07. The zero-order chi connectivity index (χ0) is 14.0. The van der Waals surface area contributed by atoms with Crippen LogP contribution in [-0.4, -0.2) is 7.11 Å². The summed E-state index contributed by atoms with van der Waals surface area (Å²) >= 11 is 12.6. The molecule has 1 atom stereocenters. The molecule has 0 aliphatic rings. The minimum atomic E-state index is -0.243. The van der Waals surface area contributed by atoms with Gasteiger partial charge in [-0.05, 0) is 43.2 Å². The predicted molar refractivity (Wildman–Crippen MR) is 81.6 cm³/mol. The first kappa shape index (κ1) is 14.2. The number of hydrogen-bond acceptors (Lipinski definition) is 1. The minimum absolute atomic E-state index is 0.243. The summed E-state index contributed by atoms with van der Waals surface area (Å²) in [5.74, 6) is 0.806. The molecule has 100 valence electrons. The summed E-state index contributed by atoms with van der Waals surface area (Å²) < 4.78 is 5.40. The normalized spacial score (nSPS) is 12.3. The number of benzene rings is 2. The van der Waals surface area contributed by atoms with Gasteiger partial charge in [0.2, 0.25) is 0 Å². The second kappa shape index (κ2) is 5.85. The van der Waals surface area contributed by atoms with Crippen LogP contribution >= 0.6 is 23.2 Å². The summed E-state index contributed by atoms with van der Waals surface area (Å²) in [5.41, 5.74) is 4.27. The van der Waals surface area contributed by atoms with Gasteiger partial charge in [0.1, 0.15) is 5.75 Å². The number of hydrogen-bond donors (Lipinski definition) is 0. The van der Waals surface area contributed by atoms with Crippen LogP contribution in [0.5, 0.6) is 5.75 Å². The van der Waals surface area contributed by atoms with Gasteiger partial charge in [0.25, 0.3) is 0 Å². The van der Waals surface area contributed by atoms with Crippen molar-refractivity contribution in [2.75, 3.05) is 7.11 Å². The first-order valence-corrected chi connectivity index (χ1v) is 6.89. The van der Waals surface area contributed by atoms with E-state index in [-0.39, 0.29) is 5.38 Å². The fraction of sp³-hybridized carbons (Fsp3) is 0.250. The van der Waals surface area contributed by atoms with Gasteiger partial charge in [-0.2, -0.15) is 0 Å². The molecule has 0 aliphatic carbocycles. The molecule has 0 aliphatic heterocycles. The standard InChI is InChI=1S/C16H16Cl2O/c1-10-4-7-15(19-3)14(8-10)16(18)13-6-5-12(17)9-11(13)2/h4-9,16H,1-3H3. The van der Waals surface area contributed by atoms with Crippen LogP contribution in [0.15, 0.2) is 36.4 Å². The molecule has 3 heteroatoms. The zero-order valence-electron chi connectivity index (χ0n) is 11.2. The smallest absolute Gasteiger partial charge is 0.123 e. The molecule has 0 aromatic heterocycles. The van der Waals surface area contributed by atoms with Crippen LogP contribution in [0.25, 0.3) is 0 Å². The van der Waals surface area contributed by atoms with Crippen LogP contribution in [0.4, 0.5) is 0 Å². The third kappa shape index (κ3) is 3.05. The van der Waals surface area contributed by atoms with E-state index >= 15 is 0 Å². The SMILES string of the molecule is COc1ccc(C)cc1C(Cl)c1ccc(Cl)cc1C. The lowest BCUT2D eigenvalue weighted by atomic mass is 9.98. The highest BCUT2D eigenvalue weighted by Gasteiger charge is 2.17. The Bertz CT molecular complexity index is 593. The third-order valence-electron chi connectivity index (χ3n) is 3.16. The maximum Gasteiger partial charge on any atom is 0.123 e. The molecule has 0 saturated carbocycles. The average Bonchev–Trinajstić information content (AvgIpc) is 2.38. The Hall–Kier alpha value is -1.18. The van der Waals surface area contributed by atoms with Crippen LogP contribution in [0.1, 0.15) is 27.6 Å². The van der Waals surface area contributed by atoms with Gasteiger partial charge in [-0.1, -0.05) is 35.4 Å². The summed E-state index contributed by atoms with van der Waals surface area (Å²) in [6, 6.07) is 11.8. The lowest BCUT2D eigenvalue weighted by Crippen LogP contribution is -2.00. The first-order chi connectivity index (χ1) is 9.02. The van der Waals surface area contributed by atoms with Gasteiger partial charge in [0.15, 0.2) is 0 Å². The Morgan fingerprint density at radius 1 is 1.00 bits per heavy atom. The monoisotopic (exact) mass is 294 g/mol. The second-order valence-corrected chi connectivity index (χ2v) is 5.48. The Kier molecular flexibility index (Phi) is 4.38. The molecule has 0 fully saturated rings. The van der Waals surface area contributed by atoms with E-state index in [9.17, 15) is 0 Å². The van der Waals surface area contributed by atoms with Crippen LogP contribution in [0.2, 0.25) is 5.02 Å². The van der Waals surface area contributed by atoms with E-state index in [1.165, 1.54) is 0 Å². The van der Waals surface area contributed by atoms with Crippen molar-refractivity contribution >= 4 is 23.2 Å². The van der Waals surface area contributed by atoms with Crippen molar-refractivity contribution in [1.82, 2.24) is 0 Å². The van der Waals surface area contributed by atoms with Gasteiger partial charge >= 0.3 is 0 Å². The van der Waals surface area contributed by atoms with Crippen LogP contribution in [-0.2, 0) is 0 Å². The number of halogens is 2. The molecule has 2 aromatic carbocycles. The highest BCUT2D eigenvalue weighted by molar-refractivity contribution is 6.30. The van der Waals surface area contributed by atoms with Crippen LogP contribution in [0, 0.1) is 13.8 Å². The topological polar surface area (TPSA) is 9.23 Å². The molecule has 0 amide bonds. The van der Waals surface area contributed by atoms with E-state index in [1.54, 1.807) is 7.11 Å². The number of rotatable bonds is 3. The van der Waals surface area contributed by atoms with Gasteiger partial charge < -0.3 is 4.74 Å². The average molecular weight is 295 g/mol. The number of ether oxygens (including phenoxy) is 1. The predicted octanol–water partition coefficient (Wildman–Crippen LogP) is 5.29. The van der Waals surface area contributed by atoms with Gasteiger partial charge in [-0.25, -0.2) is 0 Å². The van der Waals surface area contributed by atoms with Crippen molar-refractivity contribution < 1.29 is 4.74 Å². The Balaban J connectivity index is 2.49. The molecule has 19 heavy (non-hydrogen) atoms. The third-order valence-corrected chi connectivity index (χ3v) is 3.87. The lowest BCUT2D eigenvalue weighted by Gasteiger charge is -2.17. The van der Waals surface area contributed by atoms with E-state index in [4.69, 9.17) is 27.9 Å². The van der Waals surface area contributed by atoms with Crippen LogP contribution in [0.3, 0.4) is 0 Å². The summed E-state index contributed by atoms with van der Waals surface area (Å²) in [7, 11) is 1.66. The Labute approximate surface area is 124 Å². The van der Waals surface area contributed by atoms with Crippen molar-refractivity contribution in [3.8, 4) is 5.75 Å². The molecule has 1 unspecified atom stereocenters. The van der Waals surface area contributed by atoms with Gasteiger partial charge in [0.05, 0.1) is 12.5 Å². The second-order valence-electron chi connectivity index (χ2n) is 4.61. The molecular formula is C16H16Cl2O. The maximum absolute atomic E-state index is 6.62. The maximum atomic E-state index is 6.62. The van der Waals surface area contributed by atoms with Crippen molar-refractivity contribution in [2.24, 2.45) is 0 Å². The van der Waals surface area contributed by atoms with Crippen LogP contribution < -0.4 is 4.74 Å². The molecule has 0 saturated heterocycles. The van der Waals surface area contributed by atoms with E-state index < -0.39 is 0 Å². The molecular weight excluding hydrogens is 279 g/mol. The van der Waals surface area contributed by atoms with E-state index in [0.29, 0.717) is 0 Å². The Morgan fingerprint density at radius 3 is 2.37 bits per heavy atom. The zero-order valence-corrected chi connectivity index (χ0v) is 12.7. The lowest BCUT2D eigenvalue weighted by molar-refractivity contribution is 0.410. The molecule has 0 bridgehead atoms. The highest BCUT2D eigenvalue weighted by Crippen LogP contribution is 2.37. The van der Waals surface area contributed by atoms with Crippen molar-refractivity contribution in [3.05, 3.63) is 63.7 Å². The minimum Gasteiger partial charge on any atom is -0.496 e. The summed E-state index contributed by atoms with van der Waals surface area (Å²) in [6.45, 7) is 4.06. The van der Waals surface area contributed by atoms with Gasteiger partial charge in [-0.15, -0.1) is 11.6 Å². The number of alkyl halides is 1. The summed E-state index contributed by atoms with van der Waals surface area (Å²) in [5, 5.41) is 0.480. The quantitative estimate of drug-likeness (QED) is 0.699. The highest BCUT2D eigenvalue weighted by atomic mass is 35.5. The van der Waals surface area contributed by atoms with Crippen molar-refractivity contribution in [3.63, 3.8) is 0 Å². The summed E-state index contributed by atoms with van der Waals surface area (Å²) in [4.78, 5) is 0. The fourth-order valence-electron chi connectivity index (χ4n) is 2.14. The number of methoxy groups -OCH3 is 1. The van der Waals surface area contributed by atoms with Crippen molar-refractivity contribution in [1.29, 1.82) is 0 Å². The molecule has 0 radical (unpaired) electrons.